The van der Waals surface area contributed by atoms with Crippen molar-refractivity contribution in [1.82, 2.24) is 10.2 Å². The van der Waals surface area contributed by atoms with Gasteiger partial charge in [-0.25, -0.2) is 0 Å². The van der Waals surface area contributed by atoms with E-state index in [0.717, 1.165) is 26.9 Å². The van der Waals surface area contributed by atoms with Crippen molar-refractivity contribution in [2.24, 2.45) is 0 Å². The van der Waals surface area contributed by atoms with Crippen LogP contribution in [0.2, 0.25) is 0 Å². The van der Waals surface area contributed by atoms with Gasteiger partial charge in [0.2, 0.25) is 5.13 Å². The molecule has 17 heavy (non-hydrogen) atoms. The van der Waals surface area contributed by atoms with Gasteiger partial charge in [-0.2, -0.15) is 0 Å². The molecule has 90 valence electrons. The molecule has 2 rings (SSSR count). The van der Waals surface area contributed by atoms with E-state index in [-0.39, 0.29) is 0 Å². The van der Waals surface area contributed by atoms with E-state index in [4.69, 9.17) is 4.74 Å². The first-order valence-electron chi connectivity index (χ1n) is 5.22. The zero-order chi connectivity index (χ0) is 12.1. The molecule has 0 unspecified atom stereocenters. The molecule has 0 saturated heterocycles. The standard InChI is InChI=1S/C11H12BrN3OS/c1-2-13-11-15-14-10(17-11)7-16-9-5-3-4-8(12)6-9/h3-6H,2,7H2,1H3,(H,13,15). The van der Waals surface area contributed by atoms with Crippen molar-refractivity contribution in [2.45, 2.75) is 13.5 Å². The fourth-order valence-corrected chi connectivity index (χ4v) is 2.34. The highest BCUT2D eigenvalue weighted by molar-refractivity contribution is 9.10. The highest BCUT2D eigenvalue weighted by atomic mass is 79.9. The van der Waals surface area contributed by atoms with Crippen LogP contribution < -0.4 is 10.1 Å². The summed E-state index contributed by atoms with van der Waals surface area (Å²) in [7, 11) is 0. The number of rotatable bonds is 5. The van der Waals surface area contributed by atoms with Crippen LogP contribution >= 0.6 is 27.3 Å². The summed E-state index contributed by atoms with van der Waals surface area (Å²) in [6.07, 6.45) is 0. The molecule has 0 aliphatic heterocycles. The van der Waals surface area contributed by atoms with Crippen LogP contribution in [0.25, 0.3) is 0 Å². The third-order valence-electron chi connectivity index (χ3n) is 1.95. The van der Waals surface area contributed by atoms with Gasteiger partial charge in [-0.05, 0) is 25.1 Å². The van der Waals surface area contributed by atoms with Crippen molar-refractivity contribution in [1.29, 1.82) is 0 Å². The van der Waals surface area contributed by atoms with Crippen LogP contribution in [-0.4, -0.2) is 16.7 Å². The molecule has 0 saturated carbocycles. The first-order chi connectivity index (χ1) is 8.28. The number of ether oxygens (including phenoxy) is 1. The van der Waals surface area contributed by atoms with Crippen LogP contribution in [0.3, 0.4) is 0 Å². The number of hydrogen-bond acceptors (Lipinski definition) is 5. The smallest absolute Gasteiger partial charge is 0.205 e. The van der Waals surface area contributed by atoms with Gasteiger partial charge in [-0.3, -0.25) is 0 Å². The number of benzene rings is 1. The highest BCUT2D eigenvalue weighted by Crippen LogP contribution is 2.20. The first-order valence-corrected chi connectivity index (χ1v) is 6.83. The normalized spacial score (nSPS) is 10.2. The molecule has 2 aromatic rings. The van der Waals surface area contributed by atoms with Gasteiger partial charge < -0.3 is 10.1 Å². The largest absolute Gasteiger partial charge is 0.486 e. The van der Waals surface area contributed by atoms with Gasteiger partial charge in [-0.15, -0.1) is 10.2 Å². The Kier molecular flexibility index (Phi) is 4.33. The SMILES string of the molecule is CCNc1nnc(COc2cccc(Br)c2)s1. The zero-order valence-electron chi connectivity index (χ0n) is 9.31. The van der Waals surface area contributed by atoms with Gasteiger partial charge in [0.1, 0.15) is 12.4 Å². The van der Waals surface area contributed by atoms with Crippen molar-refractivity contribution < 1.29 is 4.74 Å². The second-order valence-electron chi connectivity index (χ2n) is 3.28. The van der Waals surface area contributed by atoms with Gasteiger partial charge in [0.05, 0.1) is 0 Å². The van der Waals surface area contributed by atoms with E-state index in [1.54, 1.807) is 0 Å². The Morgan fingerprint density at radius 1 is 1.41 bits per heavy atom. The number of hydrogen-bond donors (Lipinski definition) is 1. The third kappa shape index (κ3) is 3.67. The van der Waals surface area contributed by atoms with Crippen molar-refractivity contribution in [2.75, 3.05) is 11.9 Å². The quantitative estimate of drug-likeness (QED) is 0.920. The second kappa shape index (κ2) is 5.97. The molecule has 0 amide bonds. The monoisotopic (exact) mass is 313 g/mol. The lowest BCUT2D eigenvalue weighted by molar-refractivity contribution is 0.304. The average Bonchev–Trinajstić information content (AvgIpc) is 2.75. The number of aromatic nitrogens is 2. The molecule has 0 atom stereocenters. The molecule has 0 spiro atoms. The lowest BCUT2D eigenvalue weighted by Crippen LogP contribution is -1.94. The lowest BCUT2D eigenvalue weighted by atomic mass is 10.3. The number of halogens is 1. The van der Waals surface area contributed by atoms with Gasteiger partial charge in [0.25, 0.3) is 0 Å². The summed E-state index contributed by atoms with van der Waals surface area (Å²) >= 11 is 4.91. The van der Waals surface area contributed by atoms with E-state index in [1.165, 1.54) is 11.3 Å². The van der Waals surface area contributed by atoms with E-state index in [2.05, 4.69) is 31.4 Å². The van der Waals surface area contributed by atoms with Crippen LogP contribution in [0.15, 0.2) is 28.7 Å². The Bertz CT molecular complexity index is 489. The molecule has 0 fully saturated rings. The minimum Gasteiger partial charge on any atom is -0.486 e. The molecule has 0 bridgehead atoms. The number of nitrogens with zero attached hydrogens (tertiary/aromatic N) is 2. The predicted octanol–water partition coefficient (Wildman–Crippen LogP) is 3.31. The molecule has 1 N–H and O–H groups in total. The summed E-state index contributed by atoms with van der Waals surface area (Å²) in [5, 5.41) is 12.9. The van der Waals surface area contributed by atoms with Gasteiger partial charge >= 0.3 is 0 Å². The van der Waals surface area contributed by atoms with Crippen molar-refractivity contribution in [3.63, 3.8) is 0 Å². The summed E-state index contributed by atoms with van der Waals surface area (Å²) in [6.45, 7) is 3.32. The Morgan fingerprint density at radius 2 is 2.29 bits per heavy atom. The molecule has 0 aliphatic carbocycles. The predicted molar refractivity (Wildman–Crippen MR) is 72.5 cm³/mol. The topological polar surface area (TPSA) is 47.0 Å². The fourth-order valence-electron chi connectivity index (χ4n) is 1.24. The number of nitrogens with one attached hydrogen (secondary N) is 1. The molecule has 1 heterocycles. The first kappa shape index (κ1) is 12.3. The minimum absolute atomic E-state index is 0.444. The summed E-state index contributed by atoms with van der Waals surface area (Å²) in [5.41, 5.74) is 0. The van der Waals surface area contributed by atoms with E-state index in [9.17, 15) is 0 Å². The Morgan fingerprint density at radius 3 is 3.06 bits per heavy atom. The number of anilines is 1. The second-order valence-corrected chi connectivity index (χ2v) is 5.26. The Balaban J connectivity index is 1.93. The summed E-state index contributed by atoms with van der Waals surface area (Å²) < 4.78 is 6.62. The van der Waals surface area contributed by atoms with E-state index >= 15 is 0 Å². The maximum Gasteiger partial charge on any atom is 0.205 e. The van der Waals surface area contributed by atoms with Crippen molar-refractivity contribution in [3.05, 3.63) is 33.7 Å². The van der Waals surface area contributed by atoms with Crippen LogP contribution in [0.4, 0.5) is 5.13 Å². The molecule has 0 radical (unpaired) electrons. The fraction of sp³-hybridized carbons (Fsp3) is 0.273. The van der Waals surface area contributed by atoms with E-state index in [1.807, 2.05) is 31.2 Å². The van der Waals surface area contributed by atoms with Gasteiger partial charge in [-0.1, -0.05) is 33.3 Å². The van der Waals surface area contributed by atoms with Gasteiger partial charge in [0, 0.05) is 11.0 Å². The molecular weight excluding hydrogens is 302 g/mol. The molecule has 0 aliphatic rings. The summed E-state index contributed by atoms with van der Waals surface area (Å²) in [4.78, 5) is 0. The van der Waals surface area contributed by atoms with Crippen LogP contribution in [0.5, 0.6) is 5.75 Å². The molecule has 1 aromatic carbocycles. The maximum absolute atomic E-state index is 5.61. The molecule has 4 nitrogen and oxygen atoms in total. The summed E-state index contributed by atoms with van der Waals surface area (Å²) in [6, 6.07) is 7.73. The Hall–Kier alpha value is -1.14. The van der Waals surface area contributed by atoms with E-state index < -0.39 is 0 Å². The third-order valence-corrected chi connectivity index (χ3v) is 3.30. The van der Waals surface area contributed by atoms with Gasteiger partial charge in [0.15, 0.2) is 5.01 Å². The Labute approximate surface area is 112 Å². The van der Waals surface area contributed by atoms with Crippen LogP contribution in [0, 0.1) is 0 Å². The van der Waals surface area contributed by atoms with E-state index in [0.29, 0.717) is 6.61 Å². The minimum atomic E-state index is 0.444. The van der Waals surface area contributed by atoms with Crippen molar-refractivity contribution >= 4 is 32.4 Å². The average molecular weight is 314 g/mol. The lowest BCUT2D eigenvalue weighted by Gasteiger charge is -2.03. The maximum atomic E-state index is 5.61. The van der Waals surface area contributed by atoms with Crippen molar-refractivity contribution in [3.8, 4) is 5.75 Å². The molecular formula is C11H12BrN3OS. The highest BCUT2D eigenvalue weighted by Gasteiger charge is 2.04. The summed E-state index contributed by atoms with van der Waals surface area (Å²) in [5.74, 6) is 0.819. The zero-order valence-corrected chi connectivity index (χ0v) is 11.7. The molecule has 6 heteroatoms. The van der Waals surface area contributed by atoms with Crippen LogP contribution in [-0.2, 0) is 6.61 Å². The van der Waals surface area contributed by atoms with Crippen LogP contribution in [0.1, 0.15) is 11.9 Å². The molecule has 1 aromatic heterocycles.